The summed E-state index contributed by atoms with van der Waals surface area (Å²) in [5.74, 6) is 0.637. The molecule has 3 aromatic carbocycles. The molecule has 0 bridgehead atoms. The third-order valence-electron chi connectivity index (χ3n) is 5.02. The van der Waals surface area contributed by atoms with E-state index in [0.717, 1.165) is 29.8 Å². The topological polar surface area (TPSA) is 21.3 Å². The number of benzene rings is 3. The number of hydrogen-bond donors (Lipinski definition) is 1. The van der Waals surface area contributed by atoms with Gasteiger partial charge in [-0.05, 0) is 60.2 Å². The van der Waals surface area contributed by atoms with Gasteiger partial charge in [0.2, 0.25) is 0 Å². The molecule has 0 saturated heterocycles. The Balaban J connectivity index is 1.84. The van der Waals surface area contributed by atoms with Gasteiger partial charge < -0.3 is 10.1 Å². The Morgan fingerprint density at radius 1 is 0.862 bits per heavy atom. The summed E-state index contributed by atoms with van der Waals surface area (Å²) in [4.78, 5) is 0. The summed E-state index contributed by atoms with van der Waals surface area (Å²) in [5, 5.41) is 6.14. The van der Waals surface area contributed by atoms with Crippen molar-refractivity contribution in [2.24, 2.45) is 5.41 Å². The summed E-state index contributed by atoms with van der Waals surface area (Å²) in [6.45, 7) is 12.5. The lowest BCUT2D eigenvalue weighted by Gasteiger charge is -2.34. The molecule has 29 heavy (non-hydrogen) atoms. The largest absolute Gasteiger partial charge is 0.489 e. The second-order valence-corrected chi connectivity index (χ2v) is 9.65. The summed E-state index contributed by atoms with van der Waals surface area (Å²) in [5.41, 5.74) is 2.36. The molecule has 0 heterocycles. The van der Waals surface area contributed by atoms with E-state index in [1.165, 1.54) is 22.9 Å². The number of fused-ring (bicyclic) bond motifs is 1. The van der Waals surface area contributed by atoms with Crippen LogP contribution >= 0.6 is 0 Å². The maximum atomic E-state index is 13.2. The molecule has 0 aliphatic carbocycles. The molecule has 0 unspecified atom stereocenters. The van der Waals surface area contributed by atoms with E-state index in [4.69, 9.17) is 4.74 Å². The fraction of sp³-hybridized carbons (Fsp3) is 0.385. The zero-order valence-electron chi connectivity index (χ0n) is 18.2. The van der Waals surface area contributed by atoms with Crippen molar-refractivity contribution in [2.75, 3.05) is 0 Å². The molecule has 0 atom stereocenters. The second kappa shape index (κ2) is 8.54. The minimum atomic E-state index is -0.231. The molecule has 0 spiro atoms. The monoisotopic (exact) mass is 393 g/mol. The molecule has 0 aliphatic rings. The quantitative estimate of drug-likeness (QED) is 0.473. The van der Waals surface area contributed by atoms with Gasteiger partial charge in [0, 0.05) is 17.6 Å². The number of halogens is 1. The fourth-order valence-electron chi connectivity index (χ4n) is 4.09. The minimum absolute atomic E-state index is 0.00339. The van der Waals surface area contributed by atoms with E-state index >= 15 is 0 Å². The molecule has 0 radical (unpaired) electrons. The normalized spacial score (nSPS) is 12.3. The van der Waals surface area contributed by atoms with Crippen molar-refractivity contribution in [1.82, 2.24) is 5.32 Å². The van der Waals surface area contributed by atoms with Gasteiger partial charge in [0.1, 0.15) is 18.2 Å². The van der Waals surface area contributed by atoms with Gasteiger partial charge in [-0.3, -0.25) is 0 Å². The predicted molar refractivity (Wildman–Crippen MR) is 120 cm³/mol. The molecule has 0 amide bonds. The Kier molecular flexibility index (Phi) is 6.28. The summed E-state index contributed by atoms with van der Waals surface area (Å²) in [7, 11) is 0. The molecule has 3 rings (SSSR count). The summed E-state index contributed by atoms with van der Waals surface area (Å²) >= 11 is 0. The lowest BCUT2D eigenvalue weighted by atomic mass is 9.81. The van der Waals surface area contributed by atoms with Crippen molar-refractivity contribution in [3.8, 4) is 5.75 Å². The van der Waals surface area contributed by atoms with Crippen LogP contribution in [0.1, 0.15) is 52.2 Å². The van der Waals surface area contributed by atoms with E-state index in [2.05, 4.69) is 70.3 Å². The number of ether oxygens (including phenoxy) is 1. The van der Waals surface area contributed by atoms with Gasteiger partial charge in [-0.15, -0.1) is 0 Å². The van der Waals surface area contributed by atoms with Crippen LogP contribution in [0.2, 0.25) is 0 Å². The zero-order chi connectivity index (χ0) is 21.1. The van der Waals surface area contributed by atoms with Crippen molar-refractivity contribution in [1.29, 1.82) is 0 Å². The van der Waals surface area contributed by atoms with Crippen LogP contribution in [-0.4, -0.2) is 5.54 Å². The summed E-state index contributed by atoms with van der Waals surface area (Å²) < 4.78 is 19.3. The third kappa shape index (κ3) is 6.04. The Bertz CT molecular complexity index is 955. The van der Waals surface area contributed by atoms with E-state index in [1.54, 1.807) is 12.1 Å². The van der Waals surface area contributed by atoms with Gasteiger partial charge in [0.25, 0.3) is 0 Å². The van der Waals surface area contributed by atoms with E-state index in [9.17, 15) is 4.39 Å². The first-order valence-corrected chi connectivity index (χ1v) is 10.3. The molecule has 154 valence electrons. The summed E-state index contributed by atoms with van der Waals surface area (Å²) in [6.07, 6.45) is 1.07. The number of nitrogens with one attached hydrogen (secondary N) is 1. The first-order chi connectivity index (χ1) is 13.6. The van der Waals surface area contributed by atoms with Gasteiger partial charge in [-0.1, -0.05) is 63.2 Å². The first-order valence-electron chi connectivity index (χ1n) is 10.3. The molecule has 0 aromatic heterocycles. The van der Waals surface area contributed by atoms with E-state index in [1.807, 2.05) is 6.07 Å². The van der Waals surface area contributed by atoms with Crippen molar-refractivity contribution < 1.29 is 9.13 Å². The second-order valence-electron chi connectivity index (χ2n) is 9.65. The van der Waals surface area contributed by atoms with Gasteiger partial charge in [0.15, 0.2) is 0 Å². The molecule has 2 nitrogen and oxygen atoms in total. The number of hydrogen-bond acceptors (Lipinski definition) is 2. The van der Waals surface area contributed by atoms with Crippen LogP contribution in [0.3, 0.4) is 0 Å². The Hall–Kier alpha value is -2.39. The van der Waals surface area contributed by atoms with E-state index in [0.29, 0.717) is 6.61 Å². The van der Waals surface area contributed by atoms with Gasteiger partial charge in [-0.25, -0.2) is 4.39 Å². The molecule has 1 N–H and O–H groups in total. The van der Waals surface area contributed by atoms with E-state index in [-0.39, 0.29) is 16.8 Å². The van der Waals surface area contributed by atoms with Crippen LogP contribution < -0.4 is 10.1 Å². The Morgan fingerprint density at radius 2 is 1.55 bits per heavy atom. The minimum Gasteiger partial charge on any atom is -0.489 e. The first kappa shape index (κ1) is 21.3. The SMILES string of the molecule is CC(C)(C)CC(C)(C)NCc1c(OCc2ccc(F)cc2)ccc2ccccc12. The molecule has 3 aromatic rings. The van der Waals surface area contributed by atoms with Crippen molar-refractivity contribution in [3.05, 3.63) is 77.6 Å². The van der Waals surface area contributed by atoms with Gasteiger partial charge in [-0.2, -0.15) is 0 Å². The standard InChI is InChI=1S/C26H32FNO/c1-25(2,3)18-26(4,5)28-16-23-22-9-7-6-8-20(22)12-15-24(23)29-17-19-10-13-21(27)14-11-19/h6-15,28H,16-18H2,1-5H3. The van der Waals surface area contributed by atoms with Crippen molar-refractivity contribution >= 4 is 10.8 Å². The van der Waals surface area contributed by atoms with Crippen LogP contribution in [0.5, 0.6) is 5.75 Å². The van der Waals surface area contributed by atoms with E-state index < -0.39 is 0 Å². The highest BCUT2D eigenvalue weighted by atomic mass is 19.1. The highest BCUT2D eigenvalue weighted by Crippen LogP contribution is 2.31. The molecule has 0 fully saturated rings. The lowest BCUT2D eigenvalue weighted by molar-refractivity contribution is 0.239. The molecular formula is C26H32FNO. The fourth-order valence-corrected chi connectivity index (χ4v) is 4.09. The average Bonchev–Trinajstić information content (AvgIpc) is 2.64. The van der Waals surface area contributed by atoms with Crippen LogP contribution in [0.4, 0.5) is 4.39 Å². The Morgan fingerprint density at radius 3 is 2.24 bits per heavy atom. The van der Waals surface area contributed by atoms with Crippen LogP contribution in [-0.2, 0) is 13.2 Å². The lowest BCUT2D eigenvalue weighted by Crippen LogP contribution is -2.41. The average molecular weight is 394 g/mol. The predicted octanol–water partition coefficient (Wildman–Crippen LogP) is 6.86. The molecule has 0 aliphatic heterocycles. The highest BCUT2D eigenvalue weighted by Gasteiger charge is 2.25. The smallest absolute Gasteiger partial charge is 0.124 e. The number of rotatable bonds is 7. The van der Waals surface area contributed by atoms with Crippen LogP contribution in [0.25, 0.3) is 10.8 Å². The third-order valence-corrected chi connectivity index (χ3v) is 5.02. The zero-order valence-corrected chi connectivity index (χ0v) is 18.2. The van der Waals surface area contributed by atoms with Crippen LogP contribution in [0, 0.1) is 11.2 Å². The molecule has 3 heteroatoms. The molecular weight excluding hydrogens is 361 g/mol. The maximum Gasteiger partial charge on any atom is 0.124 e. The molecule has 0 saturated carbocycles. The Labute approximate surface area is 174 Å². The van der Waals surface area contributed by atoms with Crippen molar-refractivity contribution in [3.63, 3.8) is 0 Å². The highest BCUT2D eigenvalue weighted by molar-refractivity contribution is 5.87. The van der Waals surface area contributed by atoms with Gasteiger partial charge in [0.05, 0.1) is 0 Å². The van der Waals surface area contributed by atoms with Crippen LogP contribution in [0.15, 0.2) is 60.7 Å². The maximum absolute atomic E-state index is 13.2. The van der Waals surface area contributed by atoms with Crippen molar-refractivity contribution in [2.45, 2.75) is 59.7 Å². The van der Waals surface area contributed by atoms with Gasteiger partial charge >= 0.3 is 0 Å². The summed E-state index contributed by atoms with van der Waals surface area (Å²) in [6, 6.07) is 19.0.